The average molecular weight is 288 g/mol. The van der Waals surface area contributed by atoms with E-state index in [1.807, 2.05) is 6.07 Å². The van der Waals surface area contributed by atoms with Gasteiger partial charge in [-0.25, -0.2) is 0 Å². The number of aliphatic hydroxyl groups is 2. The van der Waals surface area contributed by atoms with Crippen molar-refractivity contribution in [1.82, 2.24) is 0 Å². The maximum absolute atomic E-state index is 10.2. The molecule has 3 nitrogen and oxygen atoms in total. The second kappa shape index (κ2) is 4.99. The Kier molecular flexibility index (Phi) is 3.23. The maximum Gasteiger partial charge on any atom is 0.115 e. The van der Waals surface area contributed by atoms with E-state index < -0.39 is 0 Å². The van der Waals surface area contributed by atoms with Crippen LogP contribution >= 0.6 is 0 Å². The predicted molar refractivity (Wildman–Crippen MR) is 80.2 cm³/mol. The molecule has 0 aromatic heterocycles. The van der Waals surface area contributed by atoms with E-state index in [-0.39, 0.29) is 18.6 Å². The van der Waals surface area contributed by atoms with Gasteiger partial charge >= 0.3 is 0 Å². The van der Waals surface area contributed by atoms with Crippen LogP contribution in [0.1, 0.15) is 55.1 Å². The van der Waals surface area contributed by atoms with Crippen LogP contribution < -0.4 is 0 Å². The van der Waals surface area contributed by atoms with Crippen LogP contribution in [0, 0.1) is 17.8 Å². The minimum absolute atomic E-state index is 0.107. The number of fused-ring (bicyclic) bond motifs is 5. The molecule has 0 amide bonds. The molecule has 21 heavy (non-hydrogen) atoms. The summed E-state index contributed by atoms with van der Waals surface area (Å²) in [5.41, 5.74) is 2.48. The van der Waals surface area contributed by atoms with E-state index in [2.05, 4.69) is 6.07 Å². The number of hydrogen-bond donors (Lipinski definition) is 3. The first-order valence-electron chi connectivity index (χ1n) is 8.30. The van der Waals surface area contributed by atoms with Gasteiger partial charge in [-0.15, -0.1) is 0 Å². The first kappa shape index (κ1) is 13.6. The van der Waals surface area contributed by atoms with Crippen molar-refractivity contribution in [2.45, 2.75) is 50.0 Å². The lowest BCUT2D eigenvalue weighted by molar-refractivity contribution is 0.0492. The van der Waals surface area contributed by atoms with E-state index in [4.69, 9.17) is 0 Å². The molecule has 114 valence electrons. The standard InChI is InChI=1S/C18H24O3/c19-9-10-7-17-13(12-2-1-11(20)8-16(10)12)3-4-15-14(17)5-6-18(15)21/h1-2,8,10,13-15,17-21H,3-7,9H2/t10-,13+,14+,15?,17+,18-/m0/s1. The Morgan fingerprint density at radius 3 is 2.57 bits per heavy atom. The molecular weight excluding hydrogens is 264 g/mol. The summed E-state index contributed by atoms with van der Waals surface area (Å²) in [5.74, 6) is 2.68. The Morgan fingerprint density at radius 1 is 0.952 bits per heavy atom. The predicted octanol–water partition coefficient (Wildman–Crippen LogP) is 2.75. The molecule has 3 aliphatic carbocycles. The molecule has 4 rings (SSSR count). The first-order valence-corrected chi connectivity index (χ1v) is 8.30. The smallest absolute Gasteiger partial charge is 0.115 e. The Hall–Kier alpha value is -1.06. The number of phenols is 1. The van der Waals surface area contributed by atoms with Crippen molar-refractivity contribution in [2.24, 2.45) is 17.8 Å². The number of phenolic OH excluding ortho intramolecular Hbond substituents is 1. The Morgan fingerprint density at radius 2 is 1.76 bits per heavy atom. The van der Waals surface area contributed by atoms with E-state index in [0.29, 0.717) is 29.4 Å². The van der Waals surface area contributed by atoms with Crippen LogP contribution in [0.5, 0.6) is 5.75 Å². The van der Waals surface area contributed by atoms with E-state index in [0.717, 1.165) is 37.7 Å². The van der Waals surface area contributed by atoms with E-state index in [1.54, 1.807) is 6.07 Å². The summed E-state index contributed by atoms with van der Waals surface area (Å²) in [6, 6.07) is 5.70. The lowest BCUT2D eigenvalue weighted by atomic mass is 9.58. The highest BCUT2D eigenvalue weighted by Crippen LogP contribution is 2.57. The van der Waals surface area contributed by atoms with Crippen LogP contribution in [0.2, 0.25) is 0 Å². The van der Waals surface area contributed by atoms with Gasteiger partial charge in [0.15, 0.2) is 0 Å². The molecule has 0 radical (unpaired) electrons. The summed E-state index contributed by atoms with van der Waals surface area (Å²) in [6.45, 7) is 0.152. The van der Waals surface area contributed by atoms with Gasteiger partial charge in [0.2, 0.25) is 0 Å². The van der Waals surface area contributed by atoms with Gasteiger partial charge in [0.25, 0.3) is 0 Å². The molecule has 0 aliphatic heterocycles. The highest BCUT2D eigenvalue weighted by molar-refractivity contribution is 5.42. The molecule has 2 fully saturated rings. The van der Waals surface area contributed by atoms with Crippen LogP contribution in [0.4, 0.5) is 0 Å². The van der Waals surface area contributed by atoms with Gasteiger partial charge in [-0.05, 0) is 79.0 Å². The SMILES string of the molecule is OC[C@@H]1C[C@@H]2[C@H](CCC3[C@H]2CC[C@@H]3O)c2ccc(O)cc21. The Bertz CT molecular complexity index is 541. The molecule has 2 saturated carbocycles. The average Bonchev–Trinajstić information content (AvgIpc) is 2.87. The highest BCUT2D eigenvalue weighted by Gasteiger charge is 2.48. The zero-order valence-electron chi connectivity index (χ0n) is 12.3. The molecule has 1 unspecified atom stereocenters. The lowest BCUT2D eigenvalue weighted by Gasteiger charge is -2.46. The zero-order chi connectivity index (χ0) is 14.6. The van der Waals surface area contributed by atoms with Crippen molar-refractivity contribution < 1.29 is 15.3 Å². The number of hydrogen-bond acceptors (Lipinski definition) is 3. The molecular formula is C18H24O3. The van der Waals surface area contributed by atoms with Crippen molar-refractivity contribution in [1.29, 1.82) is 0 Å². The third-order valence-electron chi connectivity index (χ3n) is 6.40. The summed E-state index contributed by atoms with van der Waals surface area (Å²) >= 11 is 0. The third kappa shape index (κ3) is 2.01. The second-order valence-electron chi connectivity index (χ2n) is 7.25. The van der Waals surface area contributed by atoms with E-state index in [1.165, 1.54) is 5.56 Å². The molecule has 1 aromatic rings. The lowest BCUT2D eigenvalue weighted by Crippen LogP contribution is -2.38. The van der Waals surface area contributed by atoms with Gasteiger partial charge in [0.05, 0.1) is 6.10 Å². The van der Waals surface area contributed by atoms with Gasteiger partial charge in [-0.2, -0.15) is 0 Å². The molecule has 3 N–H and O–H groups in total. The largest absolute Gasteiger partial charge is 0.508 e. The van der Waals surface area contributed by atoms with Crippen LogP contribution in [0.15, 0.2) is 18.2 Å². The second-order valence-corrected chi connectivity index (χ2v) is 7.25. The molecule has 3 heteroatoms. The summed E-state index contributed by atoms with van der Waals surface area (Å²) in [7, 11) is 0. The van der Waals surface area contributed by atoms with Crippen LogP contribution in [0.3, 0.4) is 0 Å². The van der Waals surface area contributed by atoms with Crippen molar-refractivity contribution in [3.8, 4) is 5.75 Å². The fraction of sp³-hybridized carbons (Fsp3) is 0.667. The van der Waals surface area contributed by atoms with Gasteiger partial charge < -0.3 is 15.3 Å². The normalized spacial score (nSPS) is 41.2. The molecule has 1 aromatic carbocycles. The summed E-state index contributed by atoms with van der Waals surface area (Å²) in [6.07, 6.45) is 5.25. The molecule has 0 saturated heterocycles. The van der Waals surface area contributed by atoms with Crippen molar-refractivity contribution in [3.63, 3.8) is 0 Å². The molecule has 3 aliphatic rings. The summed E-state index contributed by atoms with van der Waals surface area (Å²) in [4.78, 5) is 0. The highest BCUT2D eigenvalue weighted by atomic mass is 16.3. The van der Waals surface area contributed by atoms with Crippen molar-refractivity contribution >= 4 is 0 Å². The minimum Gasteiger partial charge on any atom is -0.508 e. The summed E-state index contributed by atoms with van der Waals surface area (Å²) in [5, 5.41) is 29.7. The molecule has 0 heterocycles. The zero-order valence-corrected chi connectivity index (χ0v) is 12.3. The Labute approximate surface area is 125 Å². The van der Waals surface area contributed by atoms with E-state index in [9.17, 15) is 15.3 Å². The molecule has 0 bridgehead atoms. The van der Waals surface area contributed by atoms with Crippen LogP contribution in [-0.4, -0.2) is 28.0 Å². The fourth-order valence-electron chi connectivity index (χ4n) is 5.51. The van der Waals surface area contributed by atoms with Crippen molar-refractivity contribution in [3.05, 3.63) is 29.3 Å². The minimum atomic E-state index is -0.107. The number of benzene rings is 1. The summed E-state index contributed by atoms with van der Waals surface area (Å²) < 4.78 is 0. The number of rotatable bonds is 1. The topological polar surface area (TPSA) is 60.7 Å². The Balaban J connectivity index is 1.73. The number of aromatic hydroxyl groups is 1. The maximum atomic E-state index is 10.2. The quantitative estimate of drug-likeness (QED) is 0.744. The fourth-order valence-corrected chi connectivity index (χ4v) is 5.51. The van der Waals surface area contributed by atoms with E-state index >= 15 is 0 Å². The van der Waals surface area contributed by atoms with Gasteiger partial charge in [-0.1, -0.05) is 6.07 Å². The van der Waals surface area contributed by atoms with Crippen LogP contribution in [-0.2, 0) is 0 Å². The number of aliphatic hydroxyl groups excluding tert-OH is 2. The van der Waals surface area contributed by atoms with Crippen molar-refractivity contribution in [2.75, 3.05) is 6.61 Å². The first-order chi connectivity index (χ1) is 10.2. The molecule has 0 spiro atoms. The monoisotopic (exact) mass is 288 g/mol. The van der Waals surface area contributed by atoms with Gasteiger partial charge in [0.1, 0.15) is 5.75 Å². The third-order valence-corrected chi connectivity index (χ3v) is 6.40. The van der Waals surface area contributed by atoms with Crippen LogP contribution in [0.25, 0.3) is 0 Å². The van der Waals surface area contributed by atoms with Gasteiger partial charge in [-0.3, -0.25) is 0 Å². The van der Waals surface area contributed by atoms with Gasteiger partial charge in [0, 0.05) is 12.5 Å². The molecule has 6 atom stereocenters.